The SMILES string of the molecule is COCC1(CNS(=O)(=O)c2ccc(F)c(C(F)(F)F)c2)CCCN1.Cl. The van der Waals surface area contributed by atoms with Crippen molar-refractivity contribution < 1.29 is 30.7 Å². The van der Waals surface area contributed by atoms with E-state index in [1.807, 2.05) is 0 Å². The summed E-state index contributed by atoms with van der Waals surface area (Å²) in [6.45, 7) is 0.911. The lowest BCUT2D eigenvalue weighted by Crippen LogP contribution is -2.52. The van der Waals surface area contributed by atoms with E-state index in [1.54, 1.807) is 0 Å². The lowest BCUT2D eigenvalue weighted by Gasteiger charge is -2.28. The molecule has 1 aliphatic rings. The second-order valence-corrected chi connectivity index (χ2v) is 7.47. The molecule has 1 atom stereocenters. The summed E-state index contributed by atoms with van der Waals surface area (Å²) in [4.78, 5) is -0.637. The van der Waals surface area contributed by atoms with Crippen molar-refractivity contribution in [1.29, 1.82) is 0 Å². The Bertz CT molecular complexity index is 692. The van der Waals surface area contributed by atoms with Crippen LogP contribution < -0.4 is 10.0 Å². The number of halogens is 5. The molecule has 0 saturated carbocycles. The standard InChI is InChI=1S/C14H18F4N2O3S.ClH/c1-23-9-13(5-2-6-19-13)8-20-24(21,22)10-3-4-12(15)11(7-10)14(16,17)18;/h3-4,7,19-20H,2,5-6,8-9H2,1H3;1H. The molecule has 25 heavy (non-hydrogen) atoms. The smallest absolute Gasteiger partial charge is 0.383 e. The summed E-state index contributed by atoms with van der Waals surface area (Å²) in [5.74, 6) is -1.52. The van der Waals surface area contributed by atoms with Crippen LogP contribution >= 0.6 is 12.4 Å². The van der Waals surface area contributed by atoms with Gasteiger partial charge in [-0.2, -0.15) is 13.2 Å². The fraction of sp³-hybridized carbons (Fsp3) is 0.571. The van der Waals surface area contributed by atoms with Crippen LogP contribution in [0.2, 0.25) is 0 Å². The summed E-state index contributed by atoms with van der Waals surface area (Å²) in [5.41, 5.74) is -2.22. The molecular formula is C14H19ClF4N2O3S. The van der Waals surface area contributed by atoms with E-state index >= 15 is 0 Å². The van der Waals surface area contributed by atoms with Gasteiger partial charge in [-0.05, 0) is 37.6 Å². The van der Waals surface area contributed by atoms with Gasteiger partial charge in [0.1, 0.15) is 5.82 Å². The van der Waals surface area contributed by atoms with Crippen LogP contribution in [0.4, 0.5) is 17.6 Å². The molecule has 1 aromatic rings. The number of alkyl halides is 3. The lowest BCUT2D eigenvalue weighted by molar-refractivity contribution is -0.140. The minimum Gasteiger partial charge on any atom is -0.383 e. The normalized spacial score (nSPS) is 21.2. The van der Waals surface area contributed by atoms with Crippen LogP contribution in [-0.4, -0.2) is 40.8 Å². The number of benzene rings is 1. The summed E-state index contributed by atoms with van der Waals surface area (Å²) in [5, 5.41) is 3.15. The van der Waals surface area contributed by atoms with Gasteiger partial charge in [0.2, 0.25) is 10.0 Å². The molecule has 0 amide bonds. The Morgan fingerprint density at radius 2 is 2.04 bits per heavy atom. The zero-order valence-corrected chi connectivity index (χ0v) is 15.0. The summed E-state index contributed by atoms with van der Waals surface area (Å²) < 4.78 is 83.3. The van der Waals surface area contributed by atoms with Gasteiger partial charge >= 0.3 is 6.18 Å². The van der Waals surface area contributed by atoms with E-state index in [0.717, 1.165) is 12.5 Å². The molecule has 144 valence electrons. The van der Waals surface area contributed by atoms with Gasteiger partial charge in [-0.25, -0.2) is 17.5 Å². The average Bonchev–Trinajstić information content (AvgIpc) is 2.94. The maximum Gasteiger partial charge on any atom is 0.419 e. The summed E-state index contributed by atoms with van der Waals surface area (Å²) in [7, 11) is -2.74. The number of sulfonamides is 1. The quantitative estimate of drug-likeness (QED) is 0.711. The van der Waals surface area contributed by atoms with Crippen LogP contribution in [-0.2, 0) is 20.9 Å². The van der Waals surface area contributed by atoms with Crippen LogP contribution in [0.5, 0.6) is 0 Å². The maximum atomic E-state index is 13.3. The molecule has 0 aliphatic carbocycles. The second-order valence-electron chi connectivity index (χ2n) is 5.71. The topological polar surface area (TPSA) is 67.4 Å². The van der Waals surface area contributed by atoms with Gasteiger partial charge in [0.05, 0.1) is 22.6 Å². The Morgan fingerprint density at radius 3 is 2.56 bits per heavy atom. The van der Waals surface area contributed by atoms with Crippen molar-refractivity contribution in [2.45, 2.75) is 29.5 Å². The molecule has 0 bridgehead atoms. The number of nitrogens with one attached hydrogen (secondary N) is 2. The molecule has 11 heteroatoms. The fourth-order valence-electron chi connectivity index (χ4n) is 2.68. The predicted octanol–water partition coefficient (Wildman–Crippen LogP) is 2.31. The van der Waals surface area contributed by atoms with Gasteiger partial charge in [0, 0.05) is 13.7 Å². The first-order chi connectivity index (χ1) is 11.1. The fourth-order valence-corrected chi connectivity index (χ4v) is 3.83. The minimum atomic E-state index is -4.97. The first kappa shape index (κ1) is 22.1. The predicted molar refractivity (Wildman–Crippen MR) is 85.7 cm³/mol. The molecule has 2 rings (SSSR count). The Labute approximate surface area is 149 Å². The molecule has 1 saturated heterocycles. The third kappa shape index (κ3) is 5.27. The second kappa shape index (κ2) is 8.17. The van der Waals surface area contributed by atoms with Gasteiger partial charge in [-0.1, -0.05) is 0 Å². The average molecular weight is 407 g/mol. The first-order valence-electron chi connectivity index (χ1n) is 7.20. The van der Waals surface area contributed by atoms with Gasteiger partial charge in [0.15, 0.2) is 0 Å². The molecular weight excluding hydrogens is 388 g/mol. The number of ether oxygens (including phenoxy) is 1. The van der Waals surface area contributed by atoms with Gasteiger partial charge in [-0.15, -0.1) is 12.4 Å². The molecule has 1 unspecified atom stereocenters. The van der Waals surface area contributed by atoms with Crippen molar-refractivity contribution in [2.24, 2.45) is 0 Å². The molecule has 1 heterocycles. The molecule has 0 spiro atoms. The van der Waals surface area contributed by atoms with E-state index in [0.29, 0.717) is 25.1 Å². The van der Waals surface area contributed by atoms with Crippen LogP contribution in [0.15, 0.2) is 23.1 Å². The van der Waals surface area contributed by atoms with Crippen molar-refractivity contribution in [3.63, 3.8) is 0 Å². The van der Waals surface area contributed by atoms with Crippen LogP contribution in [0.3, 0.4) is 0 Å². The van der Waals surface area contributed by atoms with Gasteiger partial charge in [-0.3, -0.25) is 0 Å². The highest BCUT2D eigenvalue weighted by Crippen LogP contribution is 2.32. The molecule has 1 aliphatic heterocycles. The summed E-state index contributed by atoms with van der Waals surface area (Å²) in [6.07, 6.45) is -3.47. The van der Waals surface area contributed by atoms with Crippen LogP contribution in [0.1, 0.15) is 18.4 Å². The Kier molecular flexibility index (Phi) is 7.22. The van der Waals surface area contributed by atoms with E-state index in [1.165, 1.54) is 7.11 Å². The van der Waals surface area contributed by atoms with Crippen molar-refractivity contribution >= 4 is 22.4 Å². The van der Waals surface area contributed by atoms with Crippen molar-refractivity contribution in [2.75, 3.05) is 26.8 Å². The monoisotopic (exact) mass is 406 g/mol. The third-order valence-electron chi connectivity index (χ3n) is 3.91. The number of hydrogen-bond acceptors (Lipinski definition) is 4. The van der Waals surface area contributed by atoms with Crippen molar-refractivity contribution in [1.82, 2.24) is 10.0 Å². The lowest BCUT2D eigenvalue weighted by atomic mass is 9.99. The number of hydrogen-bond donors (Lipinski definition) is 2. The van der Waals surface area contributed by atoms with Crippen LogP contribution in [0.25, 0.3) is 0 Å². The van der Waals surface area contributed by atoms with E-state index in [2.05, 4.69) is 10.0 Å². The molecule has 0 aromatic heterocycles. The minimum absolute atomic E-state index is 0. The van der Waals surface area contributed by atoms with Crippen molar-refractivity contribution in [3.8, 4) is 0 Å². The van der Waals surface area contributed by atoms with E-state index in [-0.39, 0.29) is 25.6 Å². The first-order valence-corrected chi connectivity index (χ1v) is 8.68. The zero-order valence-electron chi connectivity index (χ0n) is 13.3. The number of rotatable bonds is 6. The third-order valence-corrected chi connectivity index (χ3v) is 5.31. The molecule has 5 nitrogen and oxygen atoms in total. The highest BCUT2D eigenvalue weighted by Gasteiger charge is 2.37. The van der Waals surface area contributed by atoms with Crippen LogP contribution in [0, 0.1) is 5.82 Å². The molecule has 0 radical (unpaired) electrons. The van der Waals surface area contributed by atoms with E-state index < -0.39 is 38.0 Å². The van der Waals surface area contributed by atoms with E-state index in [4.69, 9.17) is 4.74 Å². The van der Waals surface area contributed by atoms with Crippen molar-refractivity contribution in [3.05, 3.63) is 29.6 Å². The van der Waals surface area contributed by atoms with Gasteiger partial charge in [0.25, 0.3) is 0 Å². The molecule has 1 aromatic carbocycles. The Balaban J connectivity index is 0.00000312. The maximum absolute atomic E-state index is 13.3. The molecule has 1 fully saturated rings. The molecule has 2 N–H and O–H groups in total. The van der Waals surface area contributed by atoms with E-state index in [9.17, 15) is 26.0 Å². The largest absolute Gasteiger partial charge is 0.419 e. The zero-order chi connectivity index (χ0) is 18.0. The summed E-state index contributed by atoms with van der Waals surface area (Å²) >= 11 is 0. The Hall–Kier alpha value is -0.940. The Morgan fingerprint density at radius 1 is 1.36 bits per heavy atom. The summed E-state index contributed by atoms with van der Waals surface area (Å²) in [6, 6.07) is 1.59. The highest BCUT2D eigenvalue weighted by atomic mass is 35.5. The highest BCUT2D eigenvalue weighted by molar-refractivity contribution is 7.89. The number of methoxy groups -OCH3 is 1. The van der Waals surface area contributed by atoms with Gasteiger partial charge < -0.3 is 10.1 Å².